The van der Waals surface area contributed by atoms with Crippen molar-refractivity contribution in [2.24, 2.45) is 0 Å². The van der Waals surface area contributed by atoms with E-state index in [2.05, 4.69) is 56.0 Å². The summed E-state index contributed by atoms with van der Waals surface area (Å²) >= 11 is 0. The molecule has 3 nitrogen and oxygen atoms in total. The fourth-order valence-electron chi connectivity index (χ4n) is 2.43. The fourth-order valence-corrected chi connectivity index (χ4v) is 2.43. The predicted octanol–water partition coefficient (Wildman–Crippen LogP) is 3.67. The van der Waals surface area contributed by atoms with E-state index in [-0.39, 0.29) is 17.8 Å². The number of rotatable bonds is 5. The molecule has 0 aliphatic carbocycles. The summed E-state index contributed by atoms with van der Waals surface area (Å²) in [5.74, 6) is 0.987. The minimum atomic E-state index is 0. The summed E-state index contributed by atoms with van der Waals surface area (Å²) in [4.78, 5) is 2.39. The number of para-hydroxylation sites is 1. The van der Waals surface area contributed by atoms with Crippen molar-refractivity contribution in [1.29, 1.82) is 0 Å². The van der Waals surface area contributed by atoms with Crippen LogP contribution in [0, 0.1) is 0 Å². The number of morpholine rings is 1. The highest BCUT2D eigenvalue weighted by molar-refractivity contribution is 5.85. The molecule has 0 bridgehead atoms. The highest BCUT2D eigenvalue weighted by atomic mass is 35.5. The van der Waals surface area contributed by atoms with Crippen molar-refractivity contribution >= 4 is 12.4 Å². The van der Waals surface area contributed by atoms with E-state index in [0.29, 0.717) is 6.61 Å². The third kappa shape index (κ3) is 5.99. The van der Waals surface area contributed by atoms with Crippen LogP contribution in [0.2, 0.25) is 0 Å². The Kier molecular flexibility index (Phi) is 7.94. The number of halogens is 1. The molecule has 0 amide bonds. The van der Waals surface area contributed by atoms with Gasteiger partial charge in [-0.15, -0.1) is 12.4 Å². The topological polar surface area (TPSA) is 21.7 Å². The summed E-state index contributed by atoms with van der Waals surface area (Å²) in [6.07, 6.45) is 4.29. The first-order chi connectivity index (χ1) is 10.1. The highest BCUT2D eigenvalue weighted by Crippen LogP contribution is 2.30. The zero-order chi connectivity index (χ0) is 15.1. The quantitative estimate of drug-likeness (QED) is 0.771. The Labute approximate surface area is 140 Å². The lowest BCUT2D eigenvalue weighted by atomic mass is 9.86. The van der Waals surface area contributed by atoms with Gasteiger partial charge in [-0.25, -0.2) is 0 Å². The van der Waals surface area contributed by atoms with E-state index in [1.807, 2.05) is 6.07 Å². The number of hydrogen-bond acceptors (Lipinski definition) is 3. The molecular weight excluding hydrogens is 298 g/mol. The predicted molar refractivity (Wildman–Crippen MR) is 94.3 cm³/mol. The second-order valence-electron chi connectivity index (χ2n) is 6.44. The average molecular weight is 326 g/mol. The molecule has 0 atom stereocenters. The molecule has 1 aromatic carbocycles. The van der Waals surface area contributed by atoms with Crippen LogP contribution in [-0.4, -0.2) is 44.4 Å². The summed E-state index contributed by atoms with van der Waals surface area (Å²) < 4.78 is 11.3. The first-order valence-electron chi connectivity index (χ1n) is 7.75. The van der Waals surface area contributed by atoms with Crippen LogP contribution in [0.4, 0.5) is 0 Å². The van der Waals surface area contributed by atoms with Crippen molar-refractivity contribution in [2.75, 3.05) is 39.5 Å². The van der Waals surface area contributed by atoms with Gasteiger partial charge in [0.1, 0.15) is 12.4 Å². The number of hydrogen-bond donors (Lipinski definition) is 0. The molecule has 1 aliphatic rings. The van der Waals surface area contributed by atoms with Gasteiger partial charge in [0.25, 0.3) is 0 Å². The Bertz CT molecular complexity index is 462. The first kappa shape index (κ1) is 19.0. The first-order valence-corrected chi connectivity index (χ1v) is 7.75. The van der Waals surface area contributed by atoms with Gasteiger partial charge < -0.3 is 9.47 Å². The molecule has 1 saturated heterocycles. The van der Waals surface area contributed by atoms with Gasteiger partial charge in [0.15, 0.2) is 0 Å². The van der Waals surface area contributed by atoms with E-state index in [4.69, 9.17) is 9.47 Å². The molecular formula is C18H28ClNO2. The minimum absolute atomic E-state index is 0. The summed E-state index contributed by atoms with van der Waals surface area (Å²) in [5.41, 5.74) is 1.36. The van der Waals surface area contributed by atoms with Crippen LogP contribution in [0.25, 0.3) is 0 Å². The number of ether oxygens (including phenoxy) is 2. The lowest BCUT2D eigenvalue weighted by Gasteiger charge is -2.25. The smallest absolute Gasteiger partial charge is 0.123 e. The Morgan fingerprint density at radius 1 is 1.14 bits per heavy atom. The molecule has 0 saturated carbocycles. The van der Waals surface area contributed by atoms with Gasteiger partial charge >= 0.3 is 0 Å². The molecule has 2 rings (SSSR count). The van der Waals surface area contributed by atoms with Crippen molar-refractivity contribution in [1.82, 2.24) is 4.90 Å². The van der Waals surface area contributed by atoms with Crippen molar-refractivity contribution in [2.45, 2.75) is 26.2 Å². The lowest BCUT2D eigenvalue weighted by Crippen LogP contribution is -2.36. The van der Waals surface area contributed by atoms with Crippen LogP contribution in [0.1, 0.15) is 26.3 Å². The Morgan fingerprint density at radius 2 is 1.82 bits per heavy atom. The molecule has 1 aromatic rings. The average Bonchev–Trinajstić information content (AvgIpc) is 2.47. The van der Waals surface area contributed by atoms with E-state index < -0.39 is 0 Å². The third-order valence-corrected chi connectivity index (χ3v) is 3.66. The Balaban J connectivity index is 0.00000242. The maximum absolute atomic E-state index is 5.92. The van der Waals surface area contributed by atoms with E-state index in [9.17, 15) is 0 Å². The molecule has 1 fully saturated rings. The molecule has 0 aromatic heterocycles. The van der Waals surface area contributed by atoms with E-state index in [1.54, 1.807) is 0 Å². The maximum Gasteiger partial charge on any atom is 0.123 e. The molecule has 22 heavy (non-hydrogen) atoms. The van der Waals surface area contributed by atoms with E-state index >= 15 is 0 Å². The molecule has 1 heterocycles. The Morgan fingerprint density at radius 3 is 2.50 bits per heavy atom. The van der Waals surface area contributed by atoms with Gasteiger partial charge in [0.2, 0.25) is 0 Å². The third-order valence-electron chi connectivity index (χ3n) is 3.66. The van der Waals surface area contributed by atoms with Crippen LogP contribution in [0.5, 0.6) is 5.75 Å². The lowest BCUT2D eigenvalue weighted by molar-refractivity contribution is 0.0434. The Hall–Kier alpha value is -1.03. The van der Waals surface area contributed by atoms with E-state index in [0.717, 1.165) is 38.6 Å². The van der Waals surface area contributed by atoms with Crippen molar-refractivity contribution in [3.8, 4) is 5.75 Å². The van der Waals surface area contributed by atoms with Crippen LogP contribution < -0.4 is 4.74 Å². The minimum Gasteiger partial charge on any atom is -0.489 e. The zero-order valence-corrected chi connectivity index (χ0v) is 14.7. The van der Waals surface area contributed by atoms with Gasteiger partial charge in [-0.3, -0.25) is 4.90 Å². The number of benzene rings is 1. The maximum atomic E-state index is 5.92. The van der Waals surface area contributed by atoms with Gasteiger partial charge in [-0.1, -0.05) is 51.1 Å². The monoisotopic (exact) mass is 325 g/mol. The summed E-state index contributed by atoms with van der Waals surface area (Å²) in [6, 6.07) is 8.30. The summed E-state index contributed by atoms with van der Waals surface area (Å²) in [6.45, 7) is 12.0. The molecule has 4 heteroatoms. The number of nitrogens with zero attached hydrogens (tertiary/aromatic N) is 1. The molecule has 124 valence electrons. The van der Waals surface area contributed by atoms with Crippen LogP contribution in [-0.2, 0) is 10.2 Å². The molecule has 0 N–H and O–H groups in total. The zero-order valence-electron chi connectivity index (χ0n) is 13.9. The molecule has 0 spiro atoms. The largest absolute Gasteiger partial charge is 0.489 e. The van der Waals surface area contributed by atoms with Crippen molar-refractivity contribution in [3.63, 3.8) is 0 Å². The molecule has 0 unspecified atom stereocenters. The standard InChI is InChI=1S/C18H27NO2.ClH/c1-18(2,3)16-8-4-5-9-17(16)21-13-7-6-10-19-11-14-20-15-12-19;/h4-9H,10-15H2,1-3H3;1H/b7-6+;. The fraction of sp³-hybridized carbons (Fsp3) is 0.556. The normalized spacial score (nSPS) is 16.5. The van der Waals surface area contributed by atoms with E-state index in [1.165, 1.54) is 5.56 Å². The van der Waals surface area contributed by atoms with Gasteiger partial charge in [-0.05, 0) is 17.0 Å². The van der Waals surface area contributed by atoms with Gasteiger partial charge in [-0.2, -0.15) is 0 Å². The summed E-state index contributed by atoms with van der Waals surface area (Å²) in [5, 5.41) is 0. The molecule has 0 radical (unpaired) electrons. The highest BCUT2D eigenvalue weighted by Gasteiger charge is 2.17. The second-order valence-corrected chi connectivity index (χ2v) is 6.44. The second kappa shape index (κ2) is 9.19. The van der Waals surface area contributed by atoms with Crippen LogP contribution in [0.15, 0.2) is 36.4 Å². The molecule has 1 aliphatic heterocycles. The van der Waals surface area contributed by atoms with Gasteiger partial charge in [0, 0.05) is 19.6 Å². The van der Waals surface area contributed by atoms with Crippen LogP contribution in [0.3, 0.4) is 0 Å². The summed E-state index contributed by atoms with van der Waals surface area (Å²) in [7, 11) is 0. The SMILES string of the molecule is CC(C)(C)c1ccccc1OC/C=C/CN1CCOCC1.Cl. The van der Waals surface area contributed by atoms with Gasteiger partial charge in [0.05, 0.1) is 13.2 Å². The van der Waals surface area contributed by atoms with Crippen molar-refractivity contribution in [3.05, 3.63) is 42.0 Å². The van der Waals surface area contributed by atoms with Crippen LogP contribution >= 0.6 is 12.4 Å². The van der Waals surface area contributed by atoms with Crippen molar-refractivity contribution < 1.29 is 9.47 Å².